The first-order valence-corrected chi connectivity index (χ1v) is 11.1. The SMILES string of the molecule is CC(C)CC(CP(=O)(O)Cc1ccccc1)C(=O)Nc1ccc(Cl)cc1. The molecule has 140 valence electrons. The van der Waals surface area contributed by atoms with Gasteiger partial charge in [0.1, 0.15) is 0 Å². The molecule has 6 heteroatoms. The lowest BCUT2D eigenvalue weighted by molar-refractivity contribution is -0.119. The monoisotopic (exact) mass is 393 g/mol. The van der Waals surface area contributed by atoms with Gasteiger partial charge in [0.15, 0.2) is 0 Å². The van der Waals surface area contributed by atoms with Crippen molar-refractivity contribution in [3.05, 3.63) is 65.2 Å². The highest BCUT2D eigenvalue weighted by atomic mass is 35.5. The van der Waals surface area contributed by atoms with E-state index in [1.165, 1.54) is 0 Å². The first-order chi connectivity index (χ1) is 12.2. The van der Waals surface area contributed by atoms with E-state index in [0.717, 1.165) is 5.56 Å². The highest BCUT2D eigenvalue weighted by Gasteiger charge is 2.30. The Hall–Kier alpha value is -1.61. The van der Waals surface area contributed by atoms with Crippen LogP contribution in [0.5, 0.6) is 0 Å². The lowest BCUT2D eigenvalue weighted by atomic mass is 9.98. The summed E-state index contributed by atoms with van der Waals surface area (Å²) in [5, 5.41) is 3.42. The summed E-state index contributed by atoms with van der Waals surface area (Å²) in [4.78, 5) is 23.1. The molecule has 0 radical (unpaired) electrons. The molecule has 0 heterocycles. The van der Waals surface area contributed by atoms with Crippen LogP contribution in [0.15, 0.2) is 54.6 Å². The van der Waals surface area contributed by atoms with Gasteiger partial charge in [0, 0.05) is 29.0 Å². The van der Waals surface area contributed by atoms with Crippen molar-refractivity contribution in [1.29, 1.82) is 0 Å². The summed E-state index contributed by atoms with van der Waals surface area (Å²) in [7, 11) is -3.48. The van der Waals surface area contributed by atoms with E-state index < -0.39 is 13.3 Å². The van der Waals surface area contributed by atoms with Crippen LogP contribution in [0.25, 0.3) is 0 Å². The first kappa shape index (κ1) is 20.7. The third-order valence-corrected chi connectivity index (χ3v) is 6.14. The number of nitrogens with one attached hydrogen (secondary N) is 1. The Morgan fingerprint density at radius 2 is 1.73 bits per heavy atom. The lowest BCUT2D eigenvalue weighted by Crippen LogP contribution is -2.27. The van der Waals surface area contributed by atoms with Gasteiger partial charge in [-0.2, -0.15) is 0 Å². The van der Waals surface area contributed by atoms with Gasteiger partial charge in [-0.3, -0.25) is 9.36 Å². The van der Waals surface area contributed by atoms with E-state index in [4.69, 9.17) is 11.6 Å². The summed E-state index contributed by atoms with van der Waals surface area (Å²) in [6, 6.07) is 16.0. The number of rotatable bonds is 8. The highest BCUT2D eigenvalue weighted by Crippen LogP contribution is 2.47. The topological polar surface area (TPSA) is 66.4 Å². The minimum absolute atomic E-state index is 0.0283. The van der Waals surface area contributed by atoms with Crippen LogP contribution in [0.2, 0.25) is 5.02 Å². The number of halogens is 1. The molecule has 2 rings (SSSR count). The van der Waals surface area contributed by atoms with Crippen LogP contribution in [0.4, 0.5) is 5.69 Å². The van der Waals surface area contributed by atoms with Crippen LogP contribution in [0, 0.1) is 11.8 Å². The van der Waals surface area contributed by atoms with E-state index in [9.17, 15) is 14.3 Å². The van der Waals surface area contributed by atoms with Gasteiger partial charge in [-0.25, -0.2) is 0 Å². The maximum absolute atomic E-state index is 12.7. The molecule has 0 aliphatic rings. The quantitative estimate of drug-likeness (QED) is 0.589. The largest absolute Gasteiger partial charge is 0.344 e. The average molecular weight is 394 g/mol. The molecule has 0 aliphatic carbocycles. The predicted octanol–water partition coefficient (Wildman–Crippen LogP) is 5.41. The summed E-state index contributed by atoms with van der Waals surface area (Å²) in [6.45, 7) is 4.00. The second-order valence-corrected chi connectivity index (χ2v) is 9.81. The molecule has 0 aliphatic heterocycles. The predicted molar refractivity (Wildman–Crippen MR) is 108 cm³/mol. The summed E-state index contributed by atoms with van der Waals surface area (Å²) >= 11 is 5.86. The highest BCUT2D eigenvalue weighted by molar-refractivity contribution is 7.57. The van der Waals surface area contributed by atoms with E-state index in [1.807, 2.05) is 44.2 Å². The number of hydrogen-bond donors (Lipinski definition) is 2. The number of carbonyl (C=O) groups is 1. The minimum atomic E-state index is -3.48. The normalized spacial score (nSPS) is 14.7. The molecule has 26 heavy (non-hydrogen) atoms. The van der Waals surface area contributed by atoms with Gasteiger partial charge in [0.2, 0.25) is 13.3 Å². The zero-order valence-electron chi connectivity index (χ0n) is 15.1. The molecular formula is C20H25ClNO3P. The van der Waals surface area contributed by atoms with Crippen LogP contribution in [0.3, 0.4) is 0 Å². The summed E-state index contributed by atoms with van der Waals surface area (Å²) in [5.41, 5.74) is 1.43. The van der Waals surface area contributed by atoms with Crippen LogP contribution < -0.4 is 5.32 Å². The Labute approximate surface area is 160 Å². The summed E-state index contributed by atoms with van der Waals surface area (Å²) in [6.07, 6.45) is 0.606. The van der Waals surface area contributed by atoms with Crippen LogP contribution in [0.1, 0.15) is 25.8 Å². The molecule has 2 aromatic rings. The Kier molecular flexibility index (Phi) is 7.45. The molecule has 0 saturated carbocycles. The molecule has 2 aromatic carbocycles. The Balaban J connectivity index is 2.08. The number of carbonyl (C=O) groups excluding carboxylic acids is 1. The van der Waals surface area contributed by atoms with Gasteiger partial charge >= 0.3 is 0 Å². The maximum atomic E-state index is 12.7. The van der Waals surface area contributed by atoms with Gasteiger partial charge in [-0.15, -0.1) is 0 Å². The van der Waals surface area contributed by atoms with Gasteiger partial charge in [0.25, 0.3) is 0 Å². The zero-order chi connectivity index (χ0) is 19.2. The number of amides is 1. The third-order valence-electron chi connectivity index (χ3n) is 4.02. The molecule has 2 N–H and O–H groups in total. The Morgan fingerprint density at radius 1 is 1.12 bits per heavy atom. The van der Waals surface area contributed by atoms with Crippen molar-refractivity contribution in [3.8, 4) is 0 Å². The van der Waals surface area contributed by atoms with Gasteiger partial charge in [0.05, 0.1) is 0 Å². The average Bonchev–Trinajstić information content (AvgIpc) is 2.56. The molecule has 2 unspecified atom stereocenters. The number of benzene rings is 2. The minimum Gasteiger partial charge on any atom is -0.344 e. The van der Waals surface area contributed by atoms with E-state index in [1.54, 1.807) is 24.3 Å². The van der Waals surface area contributed by atoms with E-state index in [-0.39, 0.29) is 24.1 Å². The third kappa shape index (κ3) is 6.95. The van der Waals surface area contributed by atoms with Crippen molar-refractivity contribution in [2.45, 2.75) is 26.4 Å². The lowest BCUT2D eigenvalue weighted by Gasteiger charge is -2.22. The molecular weight excluding hydrogens is 369 g/mol. The van der Waals surface area contributed by atoms with E-state index in [2.05, 4.69) is 5.32 Å². The van der Waals surface area contributed by atoms with Crippen LogP contribution in [-0.2, 0) is 15.5 Å². The molecule has 1 amide bonds. The Bertz CT molecular complexity index is 762. The molecule has 2 atom stereocenters. The van der Waals surface area contributed by atoms with Crippen molar-refractivity contribution < 1.29 is 14.3 Å². The van der Waals surface area contributed by atoms with Crippen LogP contribution in [-0.4, -0.2) is 17.0 Å². The fourth-order valence-corrected chi connectivity index (χ4v) is 4.93. The molecule has 0 bridgehead atoms. The number of anilines is 1. The fraction of sp³-hybridized carbons (Fsp3) is 0.350. The van der Waals surface area contributed by atoms with Crippen LogP contribution >= 0.6 is 19.0 Å². The van der Waals surface area contributed by atoms with Gasteiger partial charge < -0.3 is 10.2 Å². The molecule has 0 aromatic heterocycles. The summed E-state index contributed by atoms with van der Waals surface area (Å²) < 4.78 is 12.7. The molecule has 4 nitrogen and oxygen atoms in total. The Morgan fingerprint density at radius 3 is 2.31 bits per heavy atom. The maximum Gasteiger partial charge on any atom is 0.228 e. The van der Waals surface area contributed by atoms with E-state index in [0.29, 0.717) is 17.1 Å². The van der Waals surface area contributed by atoms with E-state index >= 15 is 0 Å². The standard InChI is InChI=1S/C20H25ClNO3P/c1-15(2)12-17(20(23)22-19-10-8-18(21)9-11-19)14-26(24,25)13-16-6-4-3-5-7-16/h3-11,15,17H,12-14H2,1-2H3,(H,22,23)(H,24,25). The summed E-state index contributed by atoms with van der Waals surface area (Å²) in [5.74, 6) is -0.513. The van der Waals surface area contributed by atoms with Gasteiger partial charge in [-0.1, -0.05) is 55.8 Å². The molecule has 0 saturated heterocycles. The van der Waals surface area contributed by atoms with Crippen molar-refractivity contribution in [1.82, 2.24) is 0 Å². The molecule has 0 spiro atoms. The second-order valence-electron chi connectivity index (χ2n) is 7.00. The fourth-order valence-electron chi connectivity index (χ4n) is 2.89. The van der Waals surface area contributed by atoms with Crippen molar-refractivity contribution in [2.24, 2.45) is 11.8 Å². The zero-order valence-corrected chi connectivity index (χ0v) is 16.7. The van der Waals surface area contributed by atoms with Gasteiger partial charge in [-0.05, 0) is 42.2 Å². The van der Waals surface area contributed by atoms with Crippen molar-refractivity contribution >= 4 is 30.6 Å². The second kappa shape index (κ2) is 9.36. The van der Waals surface area contributed by atoms with Crippen molar-refractivity contribution in [3.63, 3.8) is 0 Å². The first-order valence-electron chi connectivity index (χ1n) is 8.66. The van der Waals surface area contributed by atoms with Crippen molar-refractivity contribution in [2.75, 3.05) is 11.5 Å². The smallest absolute Gasteiger partial charge is 0.228 e. The molecule has 0 fully saturated rings. The number of hydrogen-bond acceptors (Lipinski definition) is 2.